The zero-order valence-electron chi connectivity index (χ0n) is 18.4. The number of benzene rings is 1. The number of nitrogens with two attached hydrogens (primary N) is 1. The lowest BCUT2D eigenvalue weighted by Gasteiger charge is -2.27. The van der Waals surface area contributed by atoms with Crippen molar-refractivity contribution in [3.05, 3.63) is 65.5 Å². The van der Waals surface area contributed by atoms with Crippen LogP contribution < -0.4 is 5.14 Å². The van der Waals surface area contributed by atoms with E-state index in [0.717, 1.165) is 60.9 Å². The summed E-state index contributed by atoms with van der Waals surface area (Å²) in [6.45, 7) is 1.20. The van der Waals surface area contributed by atoms with Crippen molar-refractivity contribution in [2.45, 2.75) is 49.5 Å². The van der Waals surface area contributed by atoms with E-state index in [1.165, 1.54) is 23.3 Å². The minimum atomic E-state index is -3.72. The van der Waals surface area contributed by atoms with Crippen LogP contribution in [-0.2, 0) is 21.2 Å². The molecule has 2 aromatic rings. The highest BCUT2D eigenvalue weighted by molar-refractivity contribution is 7.89. The lowest BCUT2D eigenvalue weighted by atomic mass is 9.94. The number of sulfonamides is 1. The molecule has 2 N–H and O–H groups in total. The molecule has 172 valence electrons. The first-order valence-corrected chi connectivity index (χ1v) is 12.9. The largest absolute Gasteiger partial charge is 0.446 e. The van der Waals surface area contributed by atoms with Gasteiger partial charge in [0.05, 0.1) is 10.6 Å². The number of carbonyl (C=O) groups excluding carboxylic acids is 1. The van der Waals surface area contributed by atoms with Crippen LogP contribution in [0.1, 0.15) is 43.4 Å². The van der Waals surface area contributed by atoms with Gasteiger partial charge in [0.2, 0.25) is 10.0 Å². The fourth-order valence-electron chi connectivity index (χ4n) is 4.80. The molecule has 0 unspecified atom stereocenters. The zero-order valence-corrected chi connectivity index (χ0v) is 19.2. The van der Waals surface area contributed by atoms with Crippen LogP contribution in [-0.4, -0.2) is 43.6 Å². The lowest BCUT2D eigenvalue weighted by Crippen LogP contribution is -2.37. The SMILES string of the molecule is NS(=O)(=O)c1ccc(-c2cnc3c(c2)C(C2=CCN(C(=O)OC4CCCC4)CC2)=CC3)cc1. The number of rotatable bonds is 4. The minimum Gasteiger partial charge on any atom is -0.446 e. The number of hydrogen-bond donors (Lipinski definition) is 1. The van der Waals surface area contributed by atoms with Crippen LogP contribution in [0, 0.1) is 0 Å². The van der Waals surface area contributed by atoms with Crippen molar-refractivity contribution in [3.8, 4) is 11.1 Å². The minimum absolute atomic E-state index is 0.0795. The summed E-state index contributed by atoms with van der Waals surface area (Å²) in [5.41, 5.74) is 6.31. The van der Waals surface area contributed by atoms with E-state index in [0.29, 0.717) is 13.1 Å². The molecule has 0 spiro atoms. The highest BCUT2D eigenvalue weighted by Gasteiger charge is 2.27. The third-order valence-electron chi connectivity index (χ3n) is 6.66. The predicted octanol–water partition coefficient (Wildman–Crippen LogP) is 4.05. The van der Waals surface area contributed by atoms with Gasteiger partial charge in [0.1, 0.15) is 6.10 Å². The van der Waals surface area contributed by atoms with Gasteiger partial charge in [-0.15, -0.1) is 0 Å². The quantitative estimate of drug-likeness (QED) is 0.734. The fourth-order valence-corrected chi connectivity index (χ4v) is 5.31. The van der Waals surface area contributed by atoms with Crippen molar-refractivity contribution >= 4 is 21.7 Å². The first kappa shape index (κ1) is 21.9. The topological polar surface area (TPSA) is 103 Å². The van der Waals surface area contributed by atoms with Gasteiger partial charge in [0, 0.05) is 36.8 Å². The van der Waals surface area contributed by atoms with Crippen LogP contribution in [0.3, 0.4) is 0 Å². The summed E-state index contributed by atoms with van der Waals surface area (Å²) in [7, 11) is -3.72. The van der Waals surface area contributed by atoms with Gasteiger partial charge in [-0.3, -0.25) is 4.98 Å². The molecule has 1 fully saturated rings. The Morgan fingerprint density at radius 1 is 1.09 bits per heavy atom. The maximum atomic E-state index is 12.5. The Morgan fingerprint density at radius 2 is 1.85 bits per heavy atom. The Labute approximate surface area is 194 Å². The Morgan fingerprint density at radius 3 is 2.52 bits per heavy atom. The maximum absolute atomic E-state index is 12.5. The first-order chi connectivity index (χ1) is 15.9. The molecule has 1 aromatic heterocycles. The molecule has 33 heavy (non-hydrogen) atoms. The number of primary sulfonamides is 1. The van der Waals surface area contributed by atoms with Gasteiger partial charge in [-0.25, -0.2) is 18.4 Å². The van der Waals surface area contributed by atoms with Gasteiger partial charge in [-0.2, -0.15) is 0 Å². The number of ether oxygens (including phenoxy) is 1. The molecule has 2 aliphatic carbocycles. The molecule has 5 rings (SSSR count). The van der Waals surface area contributed by atoms with Crippen molar-refractivity contribution in [2.24, 2.45) is 5.14 Å². The second-order valence-electron chi connectivity index (χ2n) is 8.83. The van der Waals surface area contributed by atoms with Crippen LogP contribution in [0.15, 0.2) is 59.1 Å². The third kappa shape index (κ3) is 4.58. The van der Waals surface area contributed by atoms with Gasteiger partial charge in [-0.05, 0) is 67.0 Å². The zero-order chi connectivity index (χ0) is 23.0. The fraction of sp³-hybridized carbons (Fsp3) is 0.360. The standard InChI is InChI=1S/C25H27N3O4S/c26-33(30,31)21-7-5-17(6-8-21)19-15-23-22(9-10-24(23)27-16-19)18-11-13-28(14-12-18)25(29)32-20-3-1-2-4-20/h5-9,11,15-16,20H,1-4,10,12-14H2,(H2,26,30,31). The monoisotopic (exact) mass is 465 g/mol. The second-order valence-corrected chi connectivity index (χ2v) is 10.4. The normalized spacial score (nSPS) is 18.6. The van der Waals surface area contributed by atoms with E-state index in [4.69, 9.17) is 9.88 Å². The summed E-state index contributed by atoms with van der Waals surface area (Å²) in [6, 6.07) is 8.62. The smallest absolute Gasteiger partial charge is 0.410 e. The molecule has 7 nitrogen and oxygen atoms in total. The number of nitrogens with zero attached hydrogens (tertiary/aromatic N) is 2. The molecule has 0 radical (unpaired) electrons. The van der Waals surface area contributed by atoms with E-state index in [2.05, 4.69) is 23.2 Å². The van der Waals surface area contributed by atoms with E-state index in [-0.39, 0.29) is 17.1 Å². The number of allylic oxidation sites excluding steroid dienone is 2. The van der Waals surface area contributed by atoms with Gasteiger partial charge < -0.3 is 9.64 Å². The van der Waals surface area contributed by atoms with Crippen molar-refractivity contribution in [1.29, 1.82) is 0 Å². The summed E-state index contributed by atoms with van der Waals surface area (Å²) in [5, 5.41) is 5.20. The molecular formula is C25H27N3O4S. The summed E-state index contributed by atoms with van der Waals surface area (Å²) >= 11 is 0. The van der Waals surface area contributed by atoms with Gasteiger partial charge in [0.15, 0.2) is 0 Å². The van der Waals surface area contributed by atoms with E-state index >= 15 is 0 Å². The second kappa shape index (κ2) is 8.76. The van der Waals surface area contributed by atoms with E-state index in [1.807, 2.05) is 6.20 Å². The number of carbonyl (C=O) groups is 1. The third-order valence-corrected chi connectivity index (χ3v) is 7.59. The van der Waals surface area contributed by atoms with Crippen molar-refractivity contribution in [3.63, 3.8) is 0 Å². The van der Waals surface area contributed by atoms with Crippen molar-refractivity contribution in [2.75, 3.05) is 13.1 Å². The molecule has 1 amide bonds. The molecular weight excluding hydrogens is 438 g/mol. The van der Waals surface area contributed by atoms with Gasteiger partial charge >= 0.3 is 6.09 Å². The van der Waals surface area contributed by atoms with Crippen LogP contribution in [0.5, 0.6) is 0 Å². The number of hydrogen-bond acceptors (Lipinski definition) is 5. The van der Waals surface area contributed by atoms with Gasteiger partial charge in [0.25, 0.3) is 0 Å². The highest BCUT2D eigenvalue weighted by atomic mass is 32.2. The molecule has 1 aliphatic heterocycles. The lowest BCUT2D eigenvalue weighted by molar-refractivity contribution is 0.0676. The van der Waals surface area contributed by atoms with Crippen LogP contribution in [0.25, 0.3) is 16.7 Å². The Kier molecular flexibility index (Phi) is 5.80. The molecule has 0 atom stereocenters. The summed E-state index contributed by atoms with van der Waals surface area (Å²) < 4.78 is 28.7. The Hall–Kier alpha value is -2.97. The average Bonchev–Trinajstić information content (AvgIpc) is 3.48. The van der Waals surface area contributed by atoms with E-state index < -0.39 is 10.0 Å². The number of pyridine rings is 1. The molecule has 1 aromatic carbocycles. The maximum Gasteiger partial charge on any atom is 0.410 e. The molecule has 0 saturated heterocycles. The van der Waals surface area contributed by atoms with Crippen LogP contribution in [0.2, 0.25) is 0 Å². The number of amides is 1. The highest BCUT2D eigenvalue weighted by Crippen LogP contribution is 2.37. The first-order valence-electron chi connectivity index (χ1n) is 11.4. The molecule has 3 aliphatic rings. The molecule has 8 heteroatoms. The Balaban J connectivity index is 1.31. The van der Waals surface area contributed by atoms with E-state index in [1.54, 1.807) is 17.0 Å². The average molecular weight is 466 g/mol. The summed E-state index contributed by atoms with van der Waals surface area (Å²) in [4.78, 5) is 19.0. The number of fused-ring (bicyclic) bond motifs is 1. The van der Waals surface area contributed by atoms with Crippen molar-refractivity contribution < 1.29 is 17.9 Å². The Bertz CT molecular complexity index is 1240. The van der Waals surface area contributed by atoms with E-state index in [9.17, 15) is 13.2 Å². The summed E-state index contributed by atoms with van der Waals surface area (Å²) in [6.07, 6.45) is 11.8. The molecule has 1 saturated carbocycles. The predicted molar refractivity (Wildman–Crippen MR) is 126 cm³/mol. The molecule has 0 bridgehead atoms. The summed E-state index contributed by atoms with van der Waals surface area (Å²) in [5.74, 6) is 0. The van der Waals surface area contributed by atoms with Crippen LogP contribution >= 0.6 is 0 Å². The molecule has 2 heterocycles. The number of aromatic nitrogens is 1. The van der Waals surface area contributed by atoms with Gasteiger partial charge in [-0.1, -0.05) is 24.3 Å². The van der Waals surface area contributed by atoms with Crippen LogP contribution in [0.4, 0.5) is 4.79 Å². The van der Waals surface area contributed by atoms with Crippen molar-refractivity contribution in [1.82, 2.24) is 9.88 Å².